The monoisotopic (exact) mass is 375 g/mol. The van der Waals surface area contributed by atoms with Crippen molar-refractivity contribution in [2.24, 2.45) is 0 Å². The Morgan fingerprint density at radius 3 is 2.79 bits per heavy atom. The van der Waals surface area contributed by atoms with Gasteiger partial charge in [0.05, 0.1) is 16.8 Å². The summed E-state index contributed by atoms with van der Waals surface area (Å²) in [7, 11) is 0. The number of hydrogen-bond acceptors (Lipinski definition) is 5. The Hall–Kier alpha value is -2.99. The van der Waals surface area contributed by atoms with Gasteiger partial charge in [-0.25, -0.2) is 4.98 Å². The molecule has 3 aromatic rings. The number of amides is 1. The second kappa shape index (κ2) is 7.94. The van der Waals surface area contributed by atoms with Gasteiger partial charge in [-0.1, -0.05) is 18.2 Å². The van der Waals surface area contributed by atoms with E-state index in [1.54, 1.807) is 0 Å². The number of nitrogens with one attached hydrogen (secondary N) is 2. The minimum absolute atomic E-state index is 0.0891. The van der Waals surface area contributed by atoms with Crippen LogP contribution >= 0.6 is 0 Å². The Labute approximate surface area is 165 Å². The zero-order valence-electron chi connectivity index (χ0n) is 16.3. The molecule has 0 atom stereocenters. The van der Waals surface area contributed by atoms with Crippen LogP contribution in [0.1, 0.15) is 27.2 Å². The third-order valence-electron chi connectivity index (χ3n) is 5.26. The molecule has 2 aromatic heterocycles. The number of anilines is 1. The van der Waals surface area contributed by atoms with Crippen molar-refractivity contribution in [1.29, 1.82) is 0 Å². The molecular formula is C22H25N5O. The van der Waals surface area contributed by atoms with E-state index in [0.29, 0.717) is 12.1 Å². The largest absolute Gasteiger partial charge is 0.354 e. The molecule has 1 saturated heterocycles. The number of nitrogens with zero attached hydrogens (tertiary/aromatic N) is 3. The van der Waals surface area contributed by atoms with Gasteiger partial charge in [0.2, 0.25) is 0 Å². The first-order valence-corrected chi connectivity index (χ1v) is 9.68. The van der Waals surface area contributed by atoms with Gasteiger partial charge in [0.1, 0.15) is 5.82 Å². The van der Waals surface area contributed by atoms with E-state index in [1.165, 1.54) is 0 Å². The molecule has 144 valence electrons. The molecule has 28 heavy (non-hydrogen) atoms. The smallest absolute Gasteiger partial charge is 0.253 e. The van der Waals surface area contributed by atoms with Crippen molar-refractivity contribution in [3.8, 4) is 0 Å². The maximum absolute atomic E-state index is 12.9. The van der Waals surface area contributed by atoms with E-state index in [-0.39, 0.29) is 5.91 Å². The summed E-state index contributed by atoms with van der Waals surface area (Å²) in [5.74, 6) is 0.877. The van der Waals surface area contributed by atoms with Crippen LogP contribution in [0.25, 0.3) is 10.9 Å². The number of rotatable bonds is 4. The van der Waals surface area contributed by atoms with E-state index in [1.807, 2.05) is 50.4 Å². The van der Waals surface area contributed by atoms with Crippen molar-refractivity contribution >= 4 is 22.6 Å². The number of hydrogen-bond donors (Lipinski definition) is 2. The van der Waals surface area contributed by atoms with E-state index in [4.69, 9.17) is 0 Å². The molecule has 1 amide bonds. The quantitative estimate of drug-likeness (QED) is 0.734. The maximum atomic E-state index is 12.9. The van der Waals surface area contributed by atoms with E-state index in [9.17, 15) is 4.79 Å². The van der Waals surface area contributed by atoms with Gasteiger partial charge in [0.15, 0.2) is 0 Å². The van der Waals surface area contributed by atoms with Crippen molar-refractivity contribution in [2.75, 3.05) is 31.1 Å². The first kappa shape index (κ1) is 18.4. The van der Waals surface area contributed by atoms with Gasteiger partial charge in [0.25, 0.3) is 5.91 Å². The van der Waals surface area contributed by atoms with E-state index < -0.39 is 0 Å². The lowest BCUT2D eigenvalue weighted by molar-refractivity contribution is 0.0949. The Morgan fingerprint density at radius 2 is 1.96 bits per heavy atom. The Kier molecular flexibility index (Phi) is 5.21. The Bertz CT molecular complexity index is 1010. The molecule has 6 heteroatoms. The standard InChI is InChI=1S/C22H25N5O/c1-15-18-5-3-4-6-19(18)26-16(2)21(15)22(28)25-14-17-7-8-24-20(13-17)27-11-9-23-10-12-27/h3-8,13,23H,9-12,14H2,1-2H3,(H,25,28). The van der Waals surface area contributed by atoms with Crippen LogP contribution in [-0.2, 0) is 6.54 Å². The van der Waals surface area contributed by atoms with Gasteiger partial charge in [0, 0.05) is 44.3 Å². The highest BCUT2D eigenvalue weighted by molar-refractivity contribution is 6.01. The molecule has 3 heterocycles. The summed E-state index contributed by atoms with van der Waals surface area (Å²) in [4.78, 5) is 24.3. The van der Waals surface area contributed by atoms with Gasteiger partial charge in [-0.3, -0.25) is 9.78 Å². The molecule has 4 rings (SSSR count). The predicted octanol–water partition coefficient (Wildman–Crippen LogP) is 2.59. The average Bonchev–Trinajstić information content (AvgIpc) is 2.73. The van der Waals surface area contributed by atoms with Gasteiger partial charge >= 0.3 is 0 Å². The molecule has 0 radical (unpaired) electrons. The molecule has 0 bridgehead atoms. The van der Waals surface area contributed by atoms with Crippen molar-refractivity contribution in [2.45, 2.75) is 20.4 Å². The zero-order valence-corrected chi connectivity index (χ0v) is 16.3. The Morgan fingerprint density at radius 1 is 1.18 bits per heavy atom. The molecule has 0 unspecified atom stereocenters. The summed E-state index contributed by atoms with van der Waals surface area (Å²) in [6.45, 7) is 8.18. The van der Waals surface area contributed by atoms with Crippen molar-refractivity contribution < 1.29 is 4.79 Å². The van der Waals surface area contributed by atoms with Crippen LogP contribution in [-0.4, -0.2) is 42.1 Å². The topological polar surface area (TPSA) is 70.2 Å². The van der Waals surface area contributed by atoms with Crippen LogP contribution in [0, 0.1) is 13.8 Å². The van der Waals surface area contributed by atoms with Crippen molar-refractivity contribution in [1.82, 2.24) is 20.6 Å². The number of fused-ring (bicyclic) bond motifs is 1. The summed E-state index contributed by atoms with van der Waals surface area (Å²) in [6, 6.07) is 11.9. The maximum Gasteiger partial charge on any atom is 0.253 e. The summed E-state index contributed by atoms with van der Waals surface area (Å²) in [6.07, 6.45) is 1.81. The number of para-hydroxylation sites is 1. The minimum atomic E-state index is -0.0891. The molecule has 1 aliphatic rings. The first-order chi connectivity index (χ1) is 13.6. The first-order valence-electron chi connectivity index (χ1n) is 9.68. The molecule has 1 aromatic carbocycles. The molecule has 1 fully saturated rings. The molecule has 1 aliphatic heterocycles. The van der Waals surface area contributed by atoms with Crippen LogP contribution in [0.5, 0.6) is 0 Å². The lowest BCUT2D eigenvalue weighted by atomic mass is 10.0. The third kappa shape index (κ3) is 3.68. The summed E-state index contributed by atoms with van der Waals surface area (Å²) >= 11 is 0. The highest BCUT2D eigenvalue weighted by atomic mass is 16.1. The second-order valence-corrected chi connectivity index (χ2v) is 7.16. The molecule has 0 spiro atoms. The normalized spacial score (nSPS) is 14.3. The molecule has 6 nitrogen and oxygen atoms in total. The lowest BCUT2D eigenvalue weighted by Crippen LogP contribution is -2.43. The minimum Gasteiger partial charge on any atom is -0.354 e. The number of benzene rings is 1. The SMILES string of the molecule is Cc1nc2ccccc2c(C)c1C(=O)NCc1ccnc(N2CCNCC2)c1. The van der Waals surface area contributed by atoms with Crippen LogP contribution in [0.3, 0.4) is 0 Å². The highest BCUT2D eigenvalue weighted by Gasteiger charge is 2.17. The van der Waals surface area contributed by atoms with Crippen LogP contribution in [0.4, 0.5) is 5.82 Å². The zero-order chi connectivity index (χ0) is 19.5. The molecule has 0 saturated carbocycles. The highest BCUT2D eigenvalue weighted by Crippen LogP contribution is 2.22. The van der Waals surface area contributed by atoms with Gasteiger partial charge in [-0.05, 0) is 43.2 Å². The molecule has 2 N–H and O–H groups in total. The van der Waals surface area contributed by atoms with Gasteiger partial charge < -0.3 is 15.5 Å². The molecular weight excluding hydrogens is 350 g/mol. The van der Waals surface area contributed by atoms with Crippen LogP contribution < -0.4 is 15.5 Å². The van der Waals surface area contributed by atoms with Crippen molar-refractivity contribution in [3.63, 3.8) is 0 Å². The Balaban J connectivity index is 1.51. The fraction of sp³-hybridized carbons (Fsp3) is 0.318. The van der Waals surface area contributed by atoms with E-state index in [2.05, 4.69) is 31.6 Å². The number of aromatic nitrogens is 2. The second-order valence-electron chi connectivity index (χ2n) is 7.16. The van der Waals surface area contributed by atoms with E-state index >= 15 is 0 Å². The van der Waals surface area contributed by atoms with Crippen molar-refractivity contribution in [3.05, 3.63) is 65.0 Å². The van der Waals surface area contributed by atoms with Gasteiger partial charge in [-0.15, -0.1) is 0 Å². The number of aryl methyl sites for hydroxylation is 2. The van der Waals surface area contributed by atoms with Crippen LogP contribution in [0.15, 0.2) is 42.6 Å². The predicted molar refractivity (Wildman–Crippen MR) is 112 cm³/mol. The number of carbonyl (C=O) groups is 1. The number of carbonyl (C=O) groups excluding carboxylic acids is 1. The number of piperazine rings is 1. The third-order valence-corrected chi connectivity index (χ3v) is 5.26. The fourth-order valence-corrected chi connectivity index (χ4v) is 3.77. The summed E-state index contributed by atoms with van der Waals surface area (Å²) < 4.78 is 0. The number of pyridine rings is 2. The molecule has 0 aliphatic carbocycles. The summed E-state index contributed by atoms with van der Waals surface area (Å²) in [5, 5.41) is 7.42. The summed E-state index contributed by atoms with van der Waals surface area (Å²) in [5.41, 5.74) is 4.35. The average molecular weight is 375 g/mol. The lowest BCUT2D eigenvalue weighted by Gasteiger charge is -2.28. The fourth-order valence-electron chi connectivity index (χ4n) is 3.77. The van der Waals surface area contributed by atoms with E-state index in [0.717, 1.165) is 59.7 Å². The van der Waals surface area contributed by atoms with Crippen LogP contribution in [0.2, 0.25) is 0 Å². The van der Waals surface area contributed by atoms with Gasteiger partial charge in [-0.2, -0.15) is 0 Å².